The molecule has 4 aromatic rings. The standard InChI is InChI=1S/C30H30FN7O2/c1-20(22-9-7-21(14-32)8-10-22)15-34-29(23-5-4-6-26(31)13-23)30(40)36-27-12-11-24(16-33-27)25-17-35-38(18-25)19-28(39)37(2)3/h4-13,16-18,20,29,34H,15,19H2,1-3H3,(H,33,36,40)/t20-,29+/m0/s1. The smallest absolute Gasteiger partial charge is 0.247 e. The van der Waals surface area contributed by atoms with Crippen LogP contribution in [0.5, 0.6) is 0 Å². The van der Waals surface area contributed by atoms with Gasteiger partial charge in [-0.1, -0.05) is 31.2 Å². The summed E-state index contributed by atoms with van der Waals surface area (Å²) in [5, 5.41) is 19.3. The summed E-state index contributed by atoms with van der Waals surface area (Å²) in [7, 11) is 3.38. The lowest BCUT2D eigenvalue weighted by Crippen LogP contribution is -2.35. The normalized spacial score (nSPS) is 12.3. The summed E-state index contributed by atoms with van der Waals surface area (Å²) < 4.78 is 15.6. The molecule has 2 aromatic carbocycles. The van der Waals surface area contributed by atoms with Crippen LogP contribution in [-0.4, -0.2) is 52.1 Å². The molecule has 0 unspecified atom stereocenters. The van der Waals surface area contributed by atoms with Crippen molar-refractivity contribution in [3.05, 3.63) is 102 Å². The lowest BCUT2D eigenvalue weighted by molar-refractivity contribution is -0.129. The summed E-state index contributed by atoms with van der Waals surface area (Å²) in [5.41, 5.74) is 3.63. The fraction of sp³-hybridized carbons (Fsp3) is 0.233. The molecule has 0 saturated heterocycles. The Balaban J connectivity index is 1.45. The second-order valence-corrected chi connectivity index (χ2v) is 9.67. The van der Waals surface area contributed by atoms with Gasteiger partial charge in [0, 0.05) is 44.2 Å². The van der Waals surface area contributed by atoms with Gasteiger partial charge in [0.1, 0.15) is 24.2 Å². The zero-order chi connectivity index (χ0) is 28.6. The molecule has 2 aromatic heterocycles. The van der Waals surface area contributed by atoms with E-state index in [1.807, 2.05) is 19.1 Å². The Morgan fingerprint density at radius 2 is 1.82 bits per heavy atom. The lowest BCUT2D eigenvalue weighted by atomic mass is 9.98. The molecular formula is C30H30FN7O2. The average molecular weight is 540 g/mol. The molecule has 204 valence electrons. The number of benzene rings is 2. The minimum atomic E-state index is -0.828. The Morgan fingerprint density at radius 1 is 1.05 bits per heavy atom. The molecule has 9 nitrogen and oxygen atoms in total. The van der Waals surface area contributed by atoms with E-state index in [0.29, 0.717) is 23.5 Å². The topological polar surface area (TPSA) is 116 Å². The summed E-state index contributed by atoms with van der Waals surface area (Å²) >= 11 is 0. The number of nitriles is 1. The molecule has 2 heterocycles. The molecule has 0 aliphatic rings. The fourth-order valence-electron chi connectivity index (χ4n) is 4.06. The fourth-order valence-corrected chi connectivity index (χ4v) is 4.06. The predicted octanol–water partition coefficient (Wildman–Crippen LogP) is 4.12. The Labute approximate surface area is 232 Å². The van der Waals surface area contributed by atoms with E-state index in [1.165, 1.54) is 17.0 Å². The van der Waals surface area contributed by atoms with Crippen LogP contribution in [0.2, 0.25) is 0 Å². The zero-order valence-corrected chi connectivity index (χ0v) is 22.5. The van der Waals surface area contributed by atoms with E-state index in [-0.39, 0.29) is 24.3 Å². The molecule has 0 aliphatic carbocycles. The van der Waals surface area contributed by atoms with E-state index in [0.717, 1.165) is 16.7 Å². The van der Waals surface area contributed by atoms with Crippen molar-refractivity contribution in [3.8, 4) is 17.2 Å². The number of nitrogens with zero attached hydrogens (tertiary/aromatic N) is 5. The monoisotopic (exact) mass is 539 g/mol. The molecule has 0 saturated carbocycles. The third kappa shape index (κ3) is 7.15. The van der Waals surface area contributed by atoms with Crippen molar-refractivity contribution < 1.29 is 14.0 Å². The first-order chi connectivity index (χ1) is 19.2. The van der Waals surface area contributed by atoms with Gasteiger partial charge in [-0.25, -0.2) is 9.37 Å². The molecule has 2 N–H and O–H groups in total. The lowest BCUT2D eigenvalue weighted by Gasteiger charge is -2.21. The molecule has 0 bridgehead atoms. The van der Waals surface area contributed by atoms with Crippen LogP contribution >= 0.6 is 0 Å². The summed E-state index contributed by atoms with van der Waals surface area (Å²) in [4.78, 5) is 31.2. The summed E-state index contributed by atoms with van der Waals surface area (Å²) in [6.07, 6.45) is 5.02. The highest BCUT2D eigenvalue weighted by Crippen LogP contribution is 2.22. The highest BCUT2D eigenvalue weighted by Gasteiger charge is 2.22. The van der Waals surface area contributed by atoms with Gasteiger partial charge >= 0.3 is 0 Å². The maximum absolute atomic E-state index is 14.0. The quantitative estimate of drug-likeness (QED) is 0.313. The first kappa shape index (κ1) is 28.1. The van der Waals surface area contributed by atoms with E-state index in [9.17, 15) is 14.0 Å². The number of aromatic nitrogens is 3. The van der Waals surface area contributed by atoms with Gasteiger partial charge in [-0.05, 0) is 53.4 Å². The number of nitrogens with one attached hydrogen (secondary N) is 2. The number of hydrogen-bond acceptors (Lipinski definition) is 6. The van der Waals surface area contributed by atoms with Crippen LogP contribution in [0.3, 0.4) is 0 Å². The second kappa shape index (κ2) is 12.8. The van der Waals surface area contributed by atoms with Crippen molar-refractivity contribution in [2.75, 3.05) is 26.0 Å². The first-order valence-electron chi connectivity index (χ1n) is 12.7. The van der Waals surface area contributed by atoms with Crippen molar-refractivity contribution in [2.45, 2.75) is 25.4 Å². The van der Waals surface area contributed by atoms with E-state index in [1.54, 1.807) is 73.8 Å². The summed E-state index contributed by atoms with van der Waals surface area (Å²) in [6, 6.07) is 18.0. The third-order valence-electron chi connectivity index (χ3n) is 6.46. The minimum absolute atomic E-state index is 0.0305. The molecule has 2 atom stereocenters. The minimum Gasteiger partial charge on any atom is -0.347 e. The number of anilines is 1. The molecule has 40 heavy (non-hydrogen) atoms. The van der Waals surface area contributed by atoms with Crippen LogP contribution in [0.1, 0.15) is 35.6 Å². The van der Waals surface area contributed by atoms with E-state index >= 15 is 0 Å². The van der Waals surface area contributed by atoms with Crippen LogP contribution in [0.4, 0.5) is 10.2 Å². The van der Waals surface area contributed by atoms with Gasteiger partial charge in [-0.3, -0.25) is 14.3 Å². The average Bonchev–Trinajstić information content (AvgIpc) is 3.42. The zero-order valence-electron chi connectivity index (χ0n) is 22.5. The van der Waals surface area contributed by atoms with Crippen LogP contribution < -0.4 is 10.6 Å². The number of carbonyl (C=O) groups is 2. The number of carbonyl (C=O) groups excluding carboxylic acids is 2. The summed E-state index contributed by atoms with van der Waals surface area (Å²) in [5.74, 6) is -0.519. The Kier molecular flexibility index (Phi) is 8.99. The van der Waals surface area contributed by atoms with Crippen molar-refractivity contribution >= 4 is 17.6 Å². The van der Waals surface area contributed by atoms with E-state index < -0.39 is 11.9 Å². The number of amides is 2. The molecule has 0 aliphatic heterocycles. The molecule has 0 spiro atoms. The number of pyridine rings is 1. The molecule has 2 amide bonds. The van der Waals surface area contributed by atoms with Gasteiger partial charge in [0.2, 0.25) is 11.8 Å². The predicted molar refractivity (Wildman–Crippen MR) is 149 cm³/mol. The molecule has 4 rings (SSSR count). The van der Waals surface area contributed by atoms with Gasteiger partial charge in [-0.15, -0.1) is 0 Å². The largest absolute Gasteiger partial charge is 0.347 e. The number of likely N-dealkylation sites (N-methyl/N-ethyl adjacent to an activating group) is 1. The third-order valence-corrected chi connectivity index (χ3v) is 6.46. The molecule has 0 radical (unpaired) electrons. The van der Waals surface area contributed by atoms with Crippen LogP contribution in [0.15, 0.2) is 79.3 Å². The van der Waals surface area contributed by atoms with Gasteiger partial charge in [0.05, 0.1) is 17.8 Å². The SMILES string of the molecule is C[C@@H](CN[C@@H](C(=O)Nc1ccc(-c2cnn(CC(=O)N(C)C)c2)cn1)c1cccc(F)c1)c1ccc(C#N)cc1. The van der Waals surface area contributed by atoms with Crippen LogP contribution in [0, 0.1) is 17.1 Å². The van der Waals surface area contributed by atoms with Crippen molar-refractivity contribution in [1.82, 2.24) is 25.0 Å². The van der Waals surface area contributed by atoms with Crippen LogP contribution in [-0.2, 0) is 16.1 Å². The van der Waals surface area contributed by atoms with Gasteiger partial charge in [0.25, 0.3) is 0 Å². The van der Waals surface area contributed by atoms with E-state index in [2.05, 4.69) is 26.8 Å². The second-order valence-electron chi connectivity index (χ2n) is 9.67. The van der Waals surface area contributed by atoms with Crippen LogP contribution in [0.25, 0.3) is 11.1 Å². The maximum Gasteiger partial charge on any atom is 0.247 e. The first-order valence-corrected chi connectivity index (χ1v) is 12.7. The highest BCUT2D eigenvalue weighted by atomic mass is 19.1. The molecule has 10 heteroatoms. The van der Waals surface area contributed by atoms with Gasteiger partial charge in [-0.2, -0.15) is 10.4 Å². The Hall–Kier alpha value is -4.88. The van der Waals surface area contributed by atoms with Gasteiger partial charge < -0.3 is 15.5 Å². The van der Waals surface area contributed by atoms with Crippen molar-refractivity contribution in [3.63, 3.8) is 0 Å². The highest BCUT2D eigenvalue weighted by molar-refractivity contribution is 5.95. The van der Waals surface area contributed by atoms with Crippen molar-refractivity contribution in [2.24, 2.45) is 0 Å². The Bertz CT molecular complexity index is 1510. The van der Waals surface area contributed by atoms with E-state index in [4.69, 9.17) is 5.26 Å². The summed E-state index contributed by atoms with van der Waals surface area (Å²) in [6.45, 7) is 2.58. The molecular weight excluding hydrogens is 509 g/mol. The number of halogens is 1. The van der Waals surface area contributed by atoms with Gasteiger partial charge in [0.15, 0.2) is 0 Å². The molecule has 0 fully saturated rings. The number of rotatable bonds is 10. The Morgan fingerprint density at radius 3 is 2.48 bits per heavy atom. The maximum atomic E-state index is 14.0. The number of hydrogen-bond donors (Lipinski definition) is 2. The van der Waals surface area contributed by atoms with Crippen molar-refractivity contribution in [1.29, 1.82) is 5.26 Å².